The van der Waals surface area contributed by atoms with Crippen molar-refractivity contribution in [1.82, 2.24) is 9.88 Å². The fourth-order valence-corrected chi connectivity index (χ4v) is 3.26. The molecule has 4 nitrogen and oxygen atoms in total. The van der Waals surface area contributed by atoms with Crippen LogP contribution in [-0.4, -0.2) is 35.7 Å². The summed E-state index contributed by atoms with van der Waals surface area (Å²) in [6.45, 7) is 1.85. The van der Waals surface area contributed by atoms with Crippen LogP contribution in [0.1, 0.15) is 5.01 Å². The van der Waals surface area contributed by atoms with Crippen LogP contribution in [0.2, 0.25) is 0 Å². The molecular formula is C14H13BrN2O2S. The van der Waals surface area contributed by atoms with Gasteiger partial charge in [-0.25, -0.2) is 9.78 Å². The van der Waals surface area contributed by atoms with E-state index >= 15 is 0 Å². The molecule has 0 aliphatic carbocycles. The number of hydrogen-bond acceptors (Lipinski definition) is 4. The first-order chi connectivity index (χ1) is 9.72. The molecule has 0 radical (unpaired) electrons. The summed E-state index contributed by atoms with van der Waals surface area (Å²) in [5.41, 5.74) is 2.08. The topological polar surface area (TPSA) is 42.4 Å². The second-order valence-electron chi connectivity index (χ2n) is 4.49. The predicted molar refractivity (Wildman–Crippen MR) is 81.9 cm³/mol. The van der Waals surface area contributed by atoms with Crippen LogP contribution in [0.15, 0.2) is 34.1 Å². The molecule has 1 aliphatic heterocycles. The van der Waals surface area contributed by atoms with Crippen LogP contribution in [0.25, 0.3) is 11.3 Å². The molecule has 0 bridgehead atoms. The first-order valence-electron chi connectivity index (χ1n) is 6.34. The van der Waals surface area contributed by atoms with Crippen molar-refractivity contribution in [3.63, 3.8) is 0 Å². The van der Waals surface area contributed by atoms with Gasteiger partial charge in [-0.05, 0) is 12.1 Å². The summed E-state index contributed by atoms with van der Waals surface area (Å²) in [6.07, 6.45) is 0.557. The number of benzene rings is 1. The average molecular weight is 353 g/mol. The number of rotatable bonds is 4. The molecule has 20 heavy (non-hydrogen) atoms. The molecule has 3 rings (SSSR count). The highest BCUT2D eigenvalue weighted by Gasteiger charge is 2.21. The molecule has 2 aromatic rings. The smallest absolute Gasteiger partial charge is 0.409 e. The third-order valence-corrected chi connectivity index (χ3v) is 4.51. The Labute approximate surface area is 129 Å². The summed E-state index contributed by atoms with van der Waals surface area (Å²) in [7, 11) is 0. The van der Waals surface area contributed by atoms with Crippen molar-refractivity contribution in [2.24, 2.45) is 0 Å². The minimum Gasteiger partial charge on any atom is -0.448 e. The molecule has 0 spiro atoms. The maximum atomic E-state index is 11.3. The van der Waals surface area contributed by atoms with Crippen LogP contribution >= 0.6 is 27.3 Å². The number of ether oxygens (including phenoxy) is 1. The fraction of sp³-hybridized carbons (Fsp3) is 0.286. The molecular weight excluding hydrogens is 340 g/mol. The van der Waals surface area contributed by atoms with E-state index in [-0.39, 0.29) is 6.09 Å². The lowest BCUT2D eigenvalue weighted by atomic mass is 10.2. The molecule has 0 N–H and O–H groups in total. The molecule has 2 heterocycles. The second kappa shape index (κ2) is 5.93. The normalized spacial score (nSPS) is 14.7. The van der Waals surface area contributed by atoms with Crippen LogP contribution in [0.3, 0.4) is 0 Å². The maximum Gasteiger partial charge on any atom is 0.409 e. The van der Waals surface area contributed by atoms with Gasteiger partial charge in [0.2, 0.25) is 0 Å². The Balaban J connectivity index is 1.66. The Morgan fingerprint density at radius 1 is 1.45 bits per heavy atom. The number of cyclic esters (lactones) is 1. The third kappa shape index (κ3) is 3.02. The van der Waals surface area contributed by atoms with Gasteiger partial charge < -0.3 is 9.64 Å². The average Bonchev–Trinajstić information content (AvgIpc) is 3.05. The summed E-state index contributed by atoms with van der Waals surface area (Å²) in [6, 6.07) is 8.09. The van der Waals surface area contributed by atoms with Crippen molar-refractivity contribution in [3.8, 4) is 11.3 Å². The third-order valence-electron chi connectivity index (χ3n) is 3.11. The lowest BCUT2D eigenvalue weighted by Crippen LogP contribution is -2.26. The molecule has 1 aromatic carbocycles. The van der Waals surface area contributed by atoms with Gasteiger partial charge in [-0.15, -0.1) is 11.3 Å². The van der Waals surface area contributed by atoms with E-state index in [1.54, 1.807) is 16.2 Å². The number of amides is 1. The Kier molecular flexibility index (Phi) is 4.03. The van der Waals surface area contributed by atoms with E-state index in [9.17, 15) is 4.79 Å². The minimum atomic E-state index is -0.214. The number of halogens is 1. The van der Waals surface area contributed by atoms with Crippen molar-refractivity contribution in [2.45, 2.75) is 6.42 Å². The van der Waals surface area contributed by atoms with Gasteiger partial charge in [-0.1, -0.05) is 28.1 Å². The zero-order chi connectivity index (χ0) is 13.9. The summed E-state index contributed by atoms with van der Waals surface area (Å²) < 4.78 is 5.95. The number of aromatic nitrogens is 1. The van der Waals surface area contributed by atoms with Crippen molar-refractivity contribution in [1.29, 1.82) is 0 Å². The number of carbonyl (C=O) groups is 1. The summed E-state index contributed by atoms with van der Waals surface area (Å²) in [5, 5.41) is 3.10. The van der Waals surface area contributed by atoms with Gasteiger partial charge in [0.15, 0.2) is 0 Å². The van der Waals surface area contributed by atoms with Crippen LogP contribution in [0.4, 0.5) is 4.79 Å². The van der Waals surface area contributed by atoms with Crippen molar-refractivity contribution < 1.29 is 9.53 Å². The highest BCUT2D eigenvalue weighted by molar-refractivity contribution is 9.10. The molecule has 1 aromatic heterocycles. The summed E-state index contributed by atoms with van der Waals surface area (Å²) in [5.74, 6) is 0. The van der Waals surface area contributed by atoms with Gasteiger partial charge in [0.05, 0.1) is 17.2 Å². The molecule has 6 heteroatoms. The molecule has 0 unspecified atom stereocenters. The zero-order valence-electron chi connectivity index (χ0n) is 10.7. The Morgan fingerprint density at radius 2 is 2.35 bits per heavy atom. The highest BCUT2D eigenvalue weighted by atomic mass is 79.9. The summed E-state index contributed by atoms with van der Waals surface area (Å²) >= 11 is 5.10. The minimum absolute atomic E-state index is 0.214. The molecule has 1 saturated heterocycles. The second-order valence-corrected chi connectivity index (χ2v) is 6.35. The highest BCUT2D eigenvalue weighted by Crippen LogP contribution is 2.25. The number of thiazole rings is 1. The van der Waals surface area contributed by atoms with Crippen molar-refractivity contribution in [3.05, 3.63) is 39.1 Å². The van der Waals surface area contributed by atoms with E-state index in [2.05, 4.69) is 32.4 Å². The van der Waals surface area contributed by atoms with Gasteiger partial charge in [-0.3, -0.25) is 0 Å². The number of nitrogens with zero attached hydrogens (tertiary/aromatic N) is 2. The van der Waals surface area contributed by atoms with Gasteiger partial charge in [-0.2, -0.15) is 0 Å². The largest absolute Gasteiger partial charge is 0.448 e. The lowest BCUT2D eigenvalue weighted by Gasteiger charge is -2.10. The van der Waals surface area contributed by atoms with E-state index in [1.165, 1.54) is 0 Å². The van der Waals surface area contributed by atoms with E-state index in [0.717, 1.165) is 27.2 Å². The SMILES string of the molecule is O=C1OCCN1CCc1nc(-c2cccc(Br)c2)cs1. The first-order valence-corrected chi connectivity index (χ1v) is 8.02. The molecule has 0 atom stereocenters. The maximum absolute atomic E-state index is 11.3. The molecule has 104 valence electrons. The van der Waals surface area contributed by atoms with E-state index in [0.29, 0.717) is 19.7 Å². The molecule has 1 aliphatic rings. The van der Waals surface area contributed by atoms with Crippen molar-refractivity contribution in [2.75, 3.05) is 19.7 Å². The standard InChI is InChI=1S/C14H13BrN2O2S/c15-11-3-1-2-10(8-11)12-9-20-13(16-12)4-5-17-6-7-19-14(17)18/h1-3,8-9H,4-7H2. The van der Waals surface area contributed by atoms with Gasteiger partial charge in [0, 0.05) is 28.4 Å². The Bertz CT molecular complexity index is 629. The van der Waals surface area contributed by atoms with Crippen molar-refractivity contribution >= 4 is 33.4 Å². The summed E-state index contributed by atoms with van der Waals surface area (Å²) in [4.78, 5) is 17.7. The zero-order valence-corrected chi connectivity index (χ0v) is 13.1. The molecule has 1 fully saturated rings. The fourth-order valence-electron chi connectivity index (χ4n) is 2.07. The van der Waals surface area contributed by atoms with E-state index in [1.807, 2.05) is 18.2 Å². The molecule has 1 amide bonds. The van der Waals surface area contributed by atoms with E-state index < -0.39 is 0 Å². The molecule has 0 saturated carbocycles. The predicted octanol–water partition coefficient (Wildman–Crippen LogP) is 3.57. The Morgan fingerprint density at radius 3 is 3.10 bits per heavy atom. The van der Waals surface area contributed by atoms with Crippen LogP contribution < -0.4 is 0 Å². The first kappa shape index (κ1) is 13.6. The van der Waals surface area contributed by atoms with Gasteiger partial charge >= 0.3 is 6.09 Å². The van der Waals surface area contributed by atoms with Crippen LogP contribution in [-0.2, 0) is 11.2 Å². The quantitative estimate of drug-likeness (QED) is 0.844. The van der Waals surface area contributed by atoms with E-state index in [4.69, 9.17) is 4.74 Å². The number of hydrogen-bond donors (Lipinski definition) is 0. The monoisotopic (exact) mass is 352 g/mol. The van der Waals surface area contributed by atoms with Crippen LogP contribution in [0.5, 0.6) is 0 Å². The van der Waals surface area contributed by atoms with Crippen LogP contribution in [0, 0.1) is 0 Å². The Hall–Kier alpha value is -1.40. The number of carbonyl (C=O) groups excluding carboxylic acids is 1. The van der Waals surface area contributed by atoms with Gasteiger partial charge in [0.25, 0.3) is 0 Å². The van der Waals surface area contributed by atoms with Gasteiger partial charge in [0.1, 0.15) is 6.61 Å². The lowest BCUT2D eigenvalue weighted by molar-refractivity contribution is 0.159.